The topological polar surface area (TPSA) is 86.8 Å². The third-order valence-electron chi connectivity index (χ3n) is 5.18. The number of halogens is 2. The molecule has 1 N–H and O–H groups in total. The number of amides is 2. The van der Waals surface area contributed by atoms with Gasteiger partial charge < -0.3 is 10.2 Å². The van der Waals surface area contributed by atoms with Crippen molar-refractivity contribution in [3.05, 3.63) is 64.1 Å². The van der Waals surface area contributed by atoms with Crippen LogP contribution in [0.5, 0.6) is 0 Å². The van der Waals surface area contributed by atoms with Crippen LogP contribution in [-0.4, -0.2) is 49.5 Å². The molecule has 0 radical (unpaired) electrons. The summed E-state index contributed by atoms with van der Waals surface area (Å²) >= 11 is 12.0. The Kier molecular flexibility index (Phi) is 10.0. The van der Waals surface area contributed by atoms with Gasteiger partial charge in [0, 0.05) is 35.1 Å². The number of sulfonamides is 1. The molecule has 7 nitrogen and oxygen atoms in total. The van der Waals surface area contributed by atoms with E-state index in [1.807, 2.05) is 32.9 Å². The van der Waals surface area contributed by atoms with Gasteiger partial charge in [0.25, 0.3) is 0 Å². The molecule has 0 spiro atoms. The van der Waals surface area contributed by atoms with Gasteiger partial charge in [0.05, 0.1) is 11.9 Å². The lowest BCUT2D eigenvalue weighted by Crippen LogP contribution is -2.52. The zero-order valence-corrected chi connectivity index (χ0v) is 23.0. The zero-order chi connectivity index (χ0) is 26.4. The predicted octanol–water partition coefficient (Wildman–Crippen LogP) is 4.87. The van der Waals surface area contributed by atoms with E-state index < -0.39 is 21.6 Å². The minimum absolute atomic E-state index is 0.0628. The van der Waals surface area contributed by atoms with Crippen molar-refractivity contribution in [3.8, 4) is 0 Å². The lowest BCUT2D eigenvalue weighted by atomic mass is 10.1. The molecule has 0 fully saturated rings. The number of hydrogen-bond acceptors (Lipinski definition) is 4. The fraction of sp³-hybridized carbons (Fsp3) is 0.440. The fourth-order valence-electron chi connectivity index (χ4n) is 3.48. The summed E-state index contributed by atoms with van der Waals surface area (Å²) in [6.45, 7) is 7.63. The number of nitrogens with one attached hydrogen (secondary N) is 1. The number of hydrogen-bond donors (Lipinski definition) is 1. The molecular formula is C25H33Cl2N3O4S. The lowest BCUT2D eigenvalue weighted by molar-refractivity contribution is -0.141. The number of benzene rings is 2. The second-order valence-corrected chi connectivity index (χ2v) is 12.3. The van der Waals surface area contributed by atoms with Gasteiger partial charge in [-0.2, -0.15) is 0 Å². The van der Waals surface area contributed by atoms with E-state index >= 15 is 0 Å². The summed E-state index contributed by atoms with van der Waals surface area (Å²) in [4.78, 5) is 27.6. The van der Waals surface area contributed by atoms with Crippen LogP contribution in [0.2, 0.25) is 10.0 Å². The molecule has 0 aromatic heterocycles. The van der Waals surface area contributed by atoms with Gasteiger partial charge in [-0.05, 0) is 70.0 Å². The number of carbonyl (C=O) groups is 2. The van der Waals surface area contributed by atoms with Gasteiger partial charge in [-0.25, -0.2) is 8.42 Å². The van der Waals surface area contributed by atoms with Gasteiger partial charge in [0.1, 0.15) is 6.04 Å². The number of anilines is 1. The largest absolute Gasteiger partial charge is 0.350 e. The fourth-order valence-corrected chi connectivity index (χ4v) is 4.75. The first-order valence-corrected chi connectivity index (χ1v) is 13.9. The van der Waals surface area contributed by atoms with Crippen molar-refractivity contribution in [1.29, 1.82) is 0 Å². The molecule has 192 valence electrons. The van der Waals surface area contributed by atoms with Crippen molar-refractivity contribution >= 4 is 50.7 Å². The Bertz CT molecular complexity index is 1130. The maximum Gasteiger partial charge on any atom is 0.242 e. The molecule has 10 heteroatoms. The van der Waals surface area contributed by atoms with E-state index in [1.165, 1.54) is 9.21 Å². The normalized spacial score (nSPS) is 12.7. The van der Waals surface area contributed by atoms with Crippen LogP contribution >= 0.6 is 23.2 Å². The second-order valence-electron chi connectivity index (χ2n) is 9.48. The molecular weight excluding hydrogens is 509 g/mol. The van der Waals surface area contributed by atoms with Crippen LogP contribution in [0.3, 0.4) is 0 Å². The van der Waals surface area contributed by atoms with Gasteiger partial charge >= 0.3 is 0 Å². The summed E-state index contributed by atoms with van der Waals surface area (Å²) in [7, 11) is -3.58. The minimum Gasteiger partial charge on any atom is -0.350 e. The molecule has 2 amide bonds. The maximum atomic E-state index is 13.3. The molecule has 0 bridgehead atoms. The molecule has 1 unspecified atom stereocenters. The standard InChI is InChI=1S/C25H33Cl2N3O4S/c1-18(24(32)28-25(2,3)4)29(17-19-11-13-20(26)14-12-19)23(31)10-7-15-30(35(5,33)34)22-9-6-8-21(27)16-22/h6,8-9,11-14,16,18H,7,10,15,17H2,1-5H3,(H,28,32). The SMILES string of the molecule is CC(C(=O)NC(C)(C)C)N(Cc1ccc(Cl)cc1)C(=O)CCCN(c1cccc(Cl)c1)S(C)(=O)=O. The quantitative estimate of drug-likeness (QED) is 0.464. The van der Waals surface area contributed by atoms with Crippen molar-refractivity contribution in [1.82, 2.24) is 10.2 Å². The highest BCUT2D eigenvalue weighted by atomic mass is 35.5. The molecule has 35 heavy (non-hydrogen) atoms. The van der Waals surface area contributed by atoms with Crippen molar-refractivity contribution in [3.63, 3.8) is 0 Å². The van der Waals surface area contributed by atoms with E-state index in [-0.39, 0.29) is 37.7 Å². The summed E-state index contributed by atoms with van der Waals surface area (Å²) < 4.78 is 26.0. The summed E-state index contributed by atoms with van der Waals surface area (Å²) in [6.07, 6.45) is 1.44. The van der Waals surface area contributed by atoms with Gasteiger partial charge in [0.15, 0.2) is 0 Å². The van der Waals surface area contributed by atoms with Crippen LogP contribution in [0.15, 0.2) is 48.5 Å². The van der Waals surface area contributed by atoms with E-state index in [1.54, 1.807) is 43.3 Å². The highest BCUT2D eigenvalue weighted by Crippen LogP contribution is 2.23. The molecule has 2 aromatic carbocycles. The van der Waals surface area contributed by atoms with Crippen LogP contribution in [0, 0.1) is 0 Å². The number of rotatable bonds is 10. The third-order valence-corrected chi connectivity index (χ3v) is 6.86. The highest BCUT2D eigenvalue weighted by molar-refractivity contribution is 7.92. The molecule has 0 saturated carbocycles. The van der Waals surface area contributed by atoms with Crippen LogP contribution in [0.4, 0.5) is 5.69 Å². The molecule has 2 rings (SSSR count). The van der Waals surface area contributed by atoms with Crippen molar-refractivity contribution in [2.45, 2.75) is 58.7 Å². The van der Waals surface area contributed by atoms with Gasteiger partial charge in [-0.3, -0.25) is 13.9 Å². The van der Waals surface area contributed by atoms with Crippen LogP contribution in [0.1, 0.15) is 46.1 Å². The summed E-state index contributed by atoms with van der Waals surface area (Å²) in [5.41, 5.74) is 0.811. The monoisotopic (exact) mass is 541 g/mol. The summed E-state index contributed by atoms with van der Waals surface area (Å²) in [5.74, 6) is -0.521. The minimum atomic E-state index is -3.58. The second kappa shape index (κ2) is 12.1. The van der Waals surface area contributed by atoms with Crippen LogP contribution in [0.25, 0.3) is 0 Å². The molecule has 0 aliphatic carbocycles. The molecule has 0 saturated heterocycles. The van der Waals surface area contributed by atoms with E-state index in [2.05, 4.69) is 5.32 Å². The maximum absolute atomic E-state index is 13.3. The van der Waals surface area contributed by atoms with Gasteiger partial charge in [-0.1, -0.05) is 41.4 Å². The van der Waals surface area contributed by atoms with Crippen LogP contribution in [-0.2, 0) is 26.2 Å². The summed E-state index contributed by atoms with van der Waals surface area (Å²) in [6, 6.07) is 12.9. The molecule has 0 aliphatic heterocycles. The Labute approximate surface area is 218 Å². The smallest absolute Gasteiger partial charge is 0.242 e. The number of carbonyl (C=O) groups excluding carboxylic acids is 2. The zero-order valence-electron chi connectivity index (χ0n) is 20.7. The Balaban J connectivity index is 2.18. The van der Waals surface area contributed by atoms with Crippen molar-refractivity contribution in [2.75, 3.05) is 17.1 Å². The Morgan fingerprint density at radius 1 is 1.03 bits per heavy atom. The summed E-state index contributed by atoms with van der Waals surface area (Å²) in [5, 5.41) is 3.91. The predicted molar refractivity (Wildman–Crippen MR) is 142 cm³/mol. The first-order valence-electron chi connectivity index (χ1n) is 11.3. The van der Waals surface area contributed by atoms with Crippen molar-refractivity contribution < 1.29 is 18.0 Å². The average molecular weight is 543 g/mol. The molecule has 1 atom stereocenters. The Hall–Kier alpha value is -2.29. The first-order chi connectivity index (χ1) is 16.2. The van der Waals surface area contributed by atoms with E-state index in [0.29, 0.717) is 15.7 Å². The third kappa shape index (κ3) is 9.35. The van der Waals surface area contributed by atoms with Gasteiger partial charge in [0.2, 0.25) is 21.8 Å². The van der Waals surface area contributed by atoms with E-state index in [9.17, 15) is 18.0 Å². The molecule has 0 heterocycles. The lowest BCUT2D eigenvalue weighted by Gasteiger charge is -2.32. The van der Waals surface area contributed by atoms with E-state index in [4.69, 9.17) is 23.2 Å². The van der Waals surface area contributed by atoms with Crippen molar-refractivity contribution in [2.24, 2.45) is 0 Å². The van der Waals surface area contributed by atoms with Gasteiger partial charge in [-0.15, -0.1) is 0 Å². The van der Waals surface area contributed by atoms with E-state index in [0.717, 1.165) is 11.8 Å². The molecule has 0 aliphatic rings. The Morgan fingerprint density at radius 3 is 2.20 bits per heavy atom. The average Bonchev–Trinajstić information content (AvgIpc) is 2.73. The first kappa shape index (κ1) is 28.9. The molecule has 2 aromatic rings. The number of nitrogens with zero attached hydrogens (tertiary/aromatic N) is 2. The Morgan fingerprint density at radius 2 is 1.66 bits per heavy atom. The highest BCUT2D eigenvalue weighted by Gasteiger charge is 2.28. The van der Waals surface area contributed by atoms with Crippen LogP contribution < -0.4 is 9.62 Å².